The zero-order valence-corrected chi connectivity index (χ0v) is 17.3. The maximum absolute atomic E-state index is 12.7. The molecule has 2 bridgehead atoms. The molecule has 1 saturated heterocycles. The molecule has 162 valence electrons. The van der Waals surface area contributed by atoms with Gasteiger partial charge in [-0.15, -0.1) is 0 Å². The minimum absolute atomic E-state index is 0.0770. The number of carbonyl (C=O) groups is 2. The minimum Gasteiger partial charge on any atom is -0.481 e. The molecule has 8 nitrogen and oxygen atoms in total. The van der Waals surface area contributed by atoms with Crippen LogP contribution in [0.15, 0.2) is 71.6 Å². The number of hydrogen-bond donors (Lipinski definition) is 3. The first-order chi connectivity index (χ1) is 14.8. The number of amides is 1. The molecule has 0 aromatic heterocycles. The minimum atomic E-state index is -3.69. The zero-order valence-electron chi connectivity index (χ0n) is 16.5. The third-order valence-corrected chi connectivity index (χ3v) is 6.95. The Balaban J connectivity index is 1.37. The van der Waals surface area contributed by atoms with Gasteiger partial charge in [0.05, 0.1) is 23.0 Å². The van der Waals surface area contributed by atoms with Gasteiger partial charge in [0, 0.05) is 12.2 Å². The molecule has 2 aliphatic heterocycles. The number of ether oxygens (including phenoxy) is 1. The molecule has 0 spiro atoms. The van der Waals surface area contributed by atoms with E-state index in [1.807, 2.05) is 30.3 Å². The fourth-order valence-corrected chi connectivity index (χ4v) is 4.95. The summed E-state index contributed by atoms with van der Waals surface area (Å²) in [5.41, 5.74) is 1.41. The van der Waals surface area contributed by atoms with Gasteiger partial charge in [0.2, 0.25) is 15.9 Å². The summed E-state index contributed by atoms with van der Waals surface area (Å²) in [7, 11) is -3.69. The van der Waals surface area contributed by atoms with Crippen molar-refractivity contribution in [3.63, 3.8) is 0 Å². The third-order valence-electron chi connectivity index (χ3n) is 5.47. The number of benzene rings is 2. The van der Waals surface area contributed by atoms with Crippen molar-refractivity contribution in [2.75, 3.05) is 11.9 Å². The van der Waals surface area contributed by atoms with Crippen molar-refractivity contribution >= 4 is 27.6 Å². The van der Waals surface area contributed by atoms with Crippen molar-refractivity contribution in [3.05, 3.63) is 72.3 Å². The number of fused-ring (bicyclic) bond motifs is 2. The van der Waals surface area contributed by atoms with E-state index in [9.17, 15) is 23.1 Å². The molecule has 2 heterocycles. The molecule has 0 radical (unpaired) electrons. The number of carboxylic acids is 1. The smallest absolute Gasteiger partial charge is 0.310 e. The van der Waals surface area contributed by atoms with Gasteiger partial charge < -0.3 is 15.2 Å². The van der Waals surface area contributed by atoms with Gasteiger partial charge in [-0.3, -0.25) is 9.59 Å². The van der Waals surface area contributed by atoms with E-state index < -0.39 is 45.9 Å². The largest absolute Gasteiger partial charge is 0.481 e. The monoisotopic (exact) mass is 442 g/mol. The van der Waals surface area contributed by atoms with Crippen LogP contribution in [0.2, 0.25) is 0 Å². The first-order valence-corrected chi connectivity index (χ1v) is 11.3. The Hall–Kier alpha value is -3.01. The number of sulfonamides is 1. The number of aliphatic carboxylic acids is 1. The Kier molecular flexibility index (Phi) is 5.90. The second-order valence-electron chi connectivity index (χ2n) is 7.49. The van der Waals surface area contributed by atoms with Crippen LogP contribution in [0.1, 0.15) is 5.56 Å². The quantitative estimate of drug-likeness (QED) is 0.536. The fraction of sp³-hybridized carbons (Fsp3) is 0.273. The number of carboxylic acid groups (broad SMARTS) is 1. The molecule has 2 aromatic rings. The maximum atomic E-state index is 12.7. The standard InChI is InChI=1S/C22H22N2O6S/c25-21(19-17-10-11-18(30-17)20(19)22(26)27)24-15-6-8-16(9-7-15)31(28,29)23-13-12-14-4-2-1-3-5-14/h1-11,17-20,23H,12-13H2,(H,24,25)(H,26,27)/t17-,18+,19+,20+/m1/s1. The predicted octanol–water partition coefficient (Wildman–Crippen LogP) is 1.80. The van der Waals surface area contributed by atoms with Crippen LogP contribution in [-0.4, -0.2) is 44.2 Å². The molecule has 9 heteroatoms. The average Bonchev–Trinajstić information content (AvgIpc) is 3.36. The summed E-state index contributed by atoms with van der Waals surface area (Å²) in [6.07, 6.45) is 2.76. The normalized spacial score (nSPS) is 24.3. The molecule has 0 unspecified atom stereocenters. The number of hydrogen-bond acceptors (Lipinski definition) is 5. The summed E-state index contributed by atoms with van der Waals surface area (Å²) in [4.78, 5) is 24.3. The second kappa shape index (κ2) is 8.62. The molecule has 0 saturated carbocycles. The van der Waals surface area contributed by atoms with Crippen molar-refractivity contribution in [1.82, 2.24) is 4.72 Å². The average molecular weight is 442 g/mol. The highest BCUT2D eigenvalue weighted by atomic mass is 32.2. The van der Waals surface area contributed by atoms with E-state index in [1.54, 1.807) is 12.2 Å². The molecule has 3 N–H and O–H groups in total. The highest BCUT2D eigenvalue weighted by Crippen LogP contribution is 2.39. The van der Waals surface area contributed by atoms with E-state index in [0.717, 1.165) is 5.56 Å². The fourth-order valence-electron chi connectivity index (χ4n) is 3.92. The highest BCUT2D eigenvalue weighted by molar-refractivity contribution is 7.89. The number of anilines is 1. The molecular formula is C22H22N2O6S. The number of nitrogens with one attached hydrogen (secondary N) is 2. The van der Waals surface area contributed by atoms with Crippen molar-refractivity contribution in [1.29, 1.82) is 0 Å². The topological polar surface area (TPSA) is 122 Å². The van der Waals surface area contributed by atoms with Crippen LogP contribution in [-0.2, 0) is 30.8 Å². The summed E-state index contributed by atoms with van der Waals surface area (Å²) in [6, 6.07) is 15.3. The molecule has 0 aliphatic carbocycles. The molecule has 31 heavy (non-hydrogen) atoms. The first-order valence-electron chi connectivity index (χ1n) is 9.86. The SMILES string of the molecule is O=C(O)[C@@H]1[C@@H](C(=O)Nc2ccc(S(=O)(=O)NCCc3ccccc3)cc2)[C@H]2C=C[C@@H]1O2. The first kappa shape index (κ1) is 21.2. The van der Waals surface area contributed by atoms with E-state index >= 15 is 0 Å². The van der Waals surface area contributed by atoms with Gasteiger partial charge >= 0.3 is 5.97 Å². The van der Waals surface area contributed by atoms with E-state index in [1.165, 1.54) is 24.3 Å². The van der Waals surface area contributed by atoms with Gasteiger partial charge in [-0.1, -0.05) is 42.5 Å². The molecule has 4 atom stereocenters. The lowest BCUT2D eigenvalue weighted by atomic mass is 9.82. The summed E-state index contributed by atoms with van der Waals surface area (Å²) >= 11 is 0. The van der Waals surface area contributed by atoms with Crippen LogP contribution in [0.4, 0.5) is 5.69 Å². The third kappa shape index (κ3) is 4.53. The molecule has 2 aromatic carbocycles. The molecule has 1 amide bonds. The van der Waals surface area contributed by atoms with Crippen LogP contribution >= 0.6 is 0 Å². The molecule has 1 fully saturated rings. The van der Waals surface area contributed by atoms with Gasteiger partial charge in [0.25, 0.3) is 0 Å². The van der Waals surface area contributed by atoms with E-state index in [-0.39, 0.29) is 11.4 Å². The Labute approximate surface area is 180 Å². The maximum Gasteiger partial charge on any atom is 0.310 e. The Morgan fingerprint density at radius 2 is 1.58 bits per heavy atom. The van der Waals surface area contributed by atoms with Crippen LogP contribution in [0.25, 0.3) is 0 Å². The summed E-state index contributed by atoms with van der Waals surface area (Å²) in [5, 5.41) is 12.1. The summed E-state index contributed by atoms with van der Waals surface area (Å²) < 4.78 is 33.0. The summed E-state index contributed by atoms with van der Waals surface area (Å²) in [6.45, 7) is 0.263. The number of carbonyl (C=O) groups excluding carboxylic acids is 1. The molecule has 2 aliphatic rings. The van der Waals surface area contributed by atoms with Gasteiger partial charge in [0.1, 0.15) is 5.92 Å². The Morgan fingerprint density at radius 1 is 0.935 bits per heavy atom. The van der Waals surface area contributed by atoms with Crippen molar-refractivity contribution in [3.8, 4) is 0 Å². The van der Waals surface area contributed by atoms with Crippen LogP contribution < -0.4 is 10.0 Å². The van der Waals surface area contributed by atoms with Crippen LogP contribution in [0, 0.1) is 11.8 Å². The highest BCUT2D eigenvalue weighted by Gasteiger charge is 2.53. The van der Waals surface area contributed by atoms with Crippen LogP contribution in [0.5, 0.6) is 0 Å². The van der Waals surface area contributed by atoms with Gasteiger partial charge in [-0.2, -0.15) is 0 Å². The zero-order chi connectivity index (χ0) is 22.0. The van der Waals surface area contributed by atoms with Gasteiger partial charge in [-0.05, 0) is 36.2 Å². The van der Waals surface area contributed by atoms with Crippen molar-refractivity contribution in [2.24, 2.45) is 11.8 Å². The molecule has 4 rings (SSSR count). The van der Waals surface area contributed by atoms with E-state index in [2.05, 4.69) is 10.0 Å². The summed E-state index contributed by atoms with van der Waals surface area (Å²) in [5.74, 6) is -3.33. The Bertz CT molecular complexity index is 1100. The van der Waals surface area contributed by atoms with Crippen LogP contribution in [0.3, 0.4) is 0 Å². The Morgan fingerprint density at radius 3 is 2.23 bits per heavy atom. The van der Waals surface area contributed by atoms with Gasteiger partial charge in [-0.25, -0.2) is 13.1 Å². The lowest BCUT2D eigenvalue weighted by Gasteiger charge is -2.21. The van der Waals surface area contributed by atoms with Crippen molar-refractivity contribution < 1.29 is 27.9 Å². The lowest BCUT2D eigenvalue weighted by molar-refractivity contribution is -0.145. The van der Waals surface area contributed by atoms with Gasteiger partial charge in [0.15, 0.2) is 0 Å². The van der Waals surface area contributed by atoms with E-state index in [0.29, 0.717) is 12.1 Å². The van der Waals surface area contributed by atoms with Crippen molar-refractivity contribution in [2.45, 2.75) is 23.5 Å². The predicted molar refractivity (Wildman–Crippen MR) is 113 cm³/mol. The number of rotatable bonds is 8. The van der Waals surface area contributed by atoms with E-state index in [4.69, 9.17) is 4.74 Å². The molecular weight excluding hydrogens is 420 g/mol. The lowest BCUT2D eigenvalue weighted by Crippen LogP contribution is -2.39. The second-order valence-corrected chi connectivity index (χ2v) is 9.25.